The fourth-order valence-corrected chi connectivity index (χ4v) is 3.50. The summed E-state index contributed by atoms with van der Waals surface area (Å²) in [5.41, 5.74) is 0.0531. The van der Waals surface area contributed by atoms with Gasteiger partial charge >= 0.3 is 5.97 Å². The van der Waals surface area contributed by atoms with Crippen LogP contribution in [0.5, 0.6) is 0 Å². The molecule has 1 aromatic rings. The van der Waals surface area contributed by atoms with Crippen LogP contribution in [-0.4, -0.2) is 17.0 Å². The van der Waals surface area contributed by atoms with E-state index < -0.39 is 5.97 Å². The smallest absolute Gasteiger partial charge is 0.345 e. The maximum absolute atomic E-state index is 12.1. The number of hydrogen-bond acceptors (Lipinski definition) is 3. The molecule has 104 valence electrons. The van der Waals surface area contributed by atoms with Gasteiger partial charge in [-0.15, -0.1) is 11.3 Å². The maximum Gasteiger partial charge on any atom is 0.345 e. The van der Waals surface area contributed by atoms with Crippen LogP contribution in [-0.2, 0) is 11.3 Å². The summed E-state index contributed by atoms with van der Waals surface area (Å²) in [5, 5.41) is 11.7. The Balaban J connectivity index is 1.93. The van der Waals surface area contributed by atoms with Crippen molar-refractivity contribution in [3.8, 4) is 0 Å². The maximum atomic E-state index is 12.1. The number of carbonyl (C=O) groups is 2. The summed E-state index contributed by atoms with van der Waals surface area (Å²) >= 11 is 1.20. The summed E-state index contributed by atoms with van der Waals surface area (Å²) in [7, 11) is 0. The van der Waals surface area contributed by atoms with Gasteiger partial charge in [0.15, 0.2) is 0 Å². The lowest BCUT2D eigenvalue weighted by Gasteiger charge is -2.04. The number of carboxylic acid groups (broad SMARTS) is 1. The Morgan fingerprint density at radius 1 is 1.26 bits per heavy atom. The number of thiophene rings is 1. The van der Waals surface area contributed by atoms with E-state index in [1.54, 1.807) is 12.1 Å². The zero-order valence-electron chi connectivity index (χ0n) is 11.6. The number of carbonyl (C=O) groups excluding carboxylic acids is 1. The average molecular weight is 281 g/mol. The Labute approximate surface area is 116 Å². The number of amides is 1. The molecule has 0 bridgehead atoms. The van der Waals surface area contributed by atoms with Gasteiger partial charge in [-0.3, -0.25) is 4.79 Å². The Morgan fingerprint density at radius 3 is 2.26 bits per heavy atom. The molecule has 1 aromatic heterocycles. The first-order valence-electron chi connectivity index (χ1n) is 6.27. The lowest BCUT2D eigenvalue weighted by Crippen LogP contribution is -2.26. The normalized spacial score (nSPS) is 20.0. The van der Waals surface area contributed by atoms with E-state index in [9.17, 15) is 9.59 Å². The molecule has 0 radical (unpaired) electrons. The van der Waals surface area contributed by atoms with Gasteiger partial charge in [0.2, 0.25) is 5.91 Å². The average Bonchev–Trinajstić information content (AvgIpc) is 2.69. The zero-order valence-corrected chi connectivity index (χ0v) is 12.4. The predicted molar refractivity (Wildman–Crippen MR) is 74.2 cm³/mol. The zero-order chi connectivity index (χ0) is 14.4. The fourth-order valence-electron chi connectivity index (χ4n) is 2.72. The molecule has 2 N–H and O–H groups in total. The minimum atomic E-state index is -0.924. The monoisotopic (exact) mass is 281 g/mol. The van der Waals surface area contributed by atoms with Gasteiger partial charge in [0.25, 0.3) is 0 Å². The molecule has 19 heavy (non-hydrogen) atoms. The number of hydrogen-bond donors (Lipinski definition) is 2. The molecule has 0 aliphatic heterocycles. The lowest BCUT2D eigenvalue weighted by molar-refractivity contribution is -0.123. The Bertz CT molecular complexity index is 517. The summed E-state index contributed by atoms with van der Waals surface area (Å²) in [6.07, 6.45) is 0. The van der Waals surface area contributed by atoms with Gasteiger partial charge in [-0.05, 0) is 23.0 Å². The standard InChI is InChI=1S/C14H19NO3S/c1-13(2)10(14(13,3)4)11(16)15-7-8-5-6-9(19-8)12(17)18/h5-6,10H,7H2,1-4H3,(H,15,16)(H,17,18). The highest BCUT2D eigenvalue weighted by molar-refractivity contribution is 7.13. The van der Waals surface area contributed by atoms with Crippen LogP contribution in [0.25, 0.3) is 0 Å². The molecular weight excluding hydrogens is 262 g/mol. The molecule has 0 saturated heterocycles. The van der Waals surface area contributed by atoms with Gasteiger partial charge in [-0.2, -0.15) is 0 Å². The van der Waals surface area contributed by atoms with Gasteiger partial charge in [-0.25, -0.2) is 4.79 Å². The summed E-state index contributed by atoms with van der Waals surface area (Å²) in [6.45, 7) is 8.81. The summed E-state index contributed by atoms with van der Waals surface area (Å²) in [5.74, 6) is -0.841. The first kappa shape index (κ1) is 14.1. The van der Waals surface area contributed by atoms with E-state index in [0.29, 0.717) is 11.4 Å². The minimum Gasteiger partial charge on any atom is -0.477 e. The molecule has 1 saturated carbocycles. The summed E-state index contributed by atoms with van der Waals surface area (Å²) in [4.78, 5) is 24.1. The Morgan fingerprint density at radius 2 is 1.84 bits per heavy atom. The second-order valence-corrected chi connectivity index (χ2v) is 7.33. The van der Waals surface area contributed by atoms with Crippen LogP contribution < -0.4 is 5.32 Å². The number of rotatable bonds is 4. The van der Waals surface area contributed by atoms with Gasteiger partial charge in [0, 0.05) is 10.8 Å². The molecular formula is C14H19NO3S. The van der Waals surface area contributed by atoms with Gasteiger partial charge < -0.3 is 10.4 Å². The van der Waals surface area contributed by atoms with Crippen molar-refractivity contribution in [2.75, 3.05) is 0 Å². The highest BCUT2D eigenvalue weighted by Gasteiger charge is 2.68. The van der Waals surface area contributed by atoms with Crippen LogP contribution in [0.3, 0.4) is 0 Å². The van der Waals surface area contributed by atoms with Crippen molar-refractivity contribution < 1.29 is 14.7 Å². The van der Waals surface area contributed by atoms with Gasteiger partial charge in [0.1, 0.15) is 4.88 Å². The quantitative estimate of drug-likeness (QED) is 0.891. The second kappa shape index (κ2) is 4.34. The minimum absolute atomic E-state index is 0.0265. The summed E-state index contributed by atoms with van der Waals surface area (Å²) < 4.78 is 0. The van der Waals surface area contributed by atoms with Crippen LogP contribution >= 0.6 is 11.3 Å². The fraction of sp³-hybridized carbons (Fsp3) is 0.571. The van der Waals surface area contributed by atoms with Crippen molar-refractivity contribution in [3.05, 3.63) is 21.9 Å². The van der Waals surface area contributed by atoms with Crippen LogP contribution in [0.1, 0.15) is 42.2 Å². The van der Waals surface area contributed by atoms with Crippen LogP contribution in [0.2, 0.25) is 0 Å². The molecule has 5 heteroatoms. The van der Waals surface area contributed by atoms with Crippen LogP contribution in [0, 0.1) is 16.7 Å². The second-order valence-electron chi connectivity index (χ2n) is 6.17. The van der Waals surface area contributed by atoms with Crippen molar-refractivity contribution >= 4 is 23.2 Å². The molecule has 1 aliphatic rings. The van der Waals surface area contributed by atoms with E-state index in [4.69, 9.17) is 5.11 Å². The third-order valence-corrected chi connectivity index (χ3v) is 5.67. The Kier molecular flexibility index (Phi) is 3.21. The molecule has 4 nitrogen and oxygen atoms in total. The molecule has 0 spiro atoms. The predicted octanol–water partition coefficient (Wildman–Crippen LogP) is 2.74. The first-order valence-corrected chi connectivity index (χ1v) is 7.09. The van der Waals surface area contributed by atoms with Crippen LogP contribution in [0.15, 0.2) is 12.1 Å². The molecule has 2 rings (SSSR count). The topological polar surface area (TPSA) is 66.4 Å². The van der Waals surface area contributed by atoms with E-state index >= 15 is 0 Å². The van der Waals surface area contributed by atoms with Crippen molar-refractivity contribution in [3.63, 3.8) is 0 Å². The van der Waals surface area contributed by atoms with Crippen molar-refractivity contribution in [2.45, 2.75) is 34.2 Å². The molecule has 1 heterocycles. The first-order chi connectivity index (χ1) is 8.68. The number of nitrogens with one attached hydrogen (secondary N) is 1. The van der Waals surface area contributed by atoms with Crippen molar-refractivity contribution in [2.24, 2.45) is 16.7 Å². The molecule has 1 aliphatic carbocycles. The van der Waals surface area contributed by atoms with E-state index in [1.165, 1.54) is 11.3 Å². The van der Waals surface area contributed by atoms with E-state index in [0.717, 1.165) is 4.88 Å². The summed E-state index contributed by atoms with van der Waals surface area (Å²) in [6, 6.07) is 3.32. The van der Waals surface area contributed by atoms with Crippen molar-refractivity contribution in [1.29, 1.82) is 0 Å². The lowest BCUT2D eigenvalue weighted by atomic mass is 10.0. The van der Waals surface area contributed by atoms with Crippen LogP contribution in [0.4, 0.5) is 0 Å². The largest absolute Gasteiger partial charge is 0.477 e. The molecule has 0 unspecified atom stereocenters. The van der Waals surface area contributed by atoms with E-state index in [-0.39, 0.29) is 22.7 Å². The van der Waals surface area contributed by atoms with Crippen molar-refractivity contribution in [1.82, 2.24) is 5.32 Å². The van der Waals surface area contributed by atoms with Gasteiger partial charge in [-0.1, -0.05) is 27.7 Å². The highest BCUT2D eigenvalue weighted by Crippen LogP contribution is 2.68. The van der Waals surface area contributed by atoms with E-state index in [2.05, 4.69) is 33.0 Å². The Hall–Kier alpha value is -1.36. The SMILES string of the molecule is CC1(C)C(C(=O)NCc2ccc(C(=O)O)s2)C1(C)C. The molecule has 1 amide bonds. The number of carboxylic acids is 1. The highest BCUT2D eigenvalue weighted by atomic mass is 32.1. The molecule has 0 aromatic carbocycles. The van der Waals surface area contributed by atoms with E-state index in [1.807, 2.05) is 0 Å². The third-order valence-electron chi connectivity index (χ3n) is 4.59. The van der Waals surface area contributed by atoms with Gasteiger partial charge in [0.05, 0.1) is 6.54 Å². The third kappa shape index (κ3) is 2.27. The number of aromatic carboxylic acids is 1. The molecule has 1 fully saturated rings. The molecule has 0 atom stereocenters.